The molecule has 0 aromatic carbocycles. The molecular formula is C12H12N6O3. The van der Waals surface area contributed by atoms with E-state index >= 15 is 0 Å². The number of nitrogens with one attached hydrogen (secondary N) is 1. The van der Waals surface area contributed by atoms with Gasteiger partial charge in [0.15, 0.2) is 11.5 Å². The van der Waals surface area contributed by atoms with E-state index in [9.17, 15) is 4.79 Å². The zero-order valence-electron chi connectivity index (χ0n) is 11.4. The van der Waals surface area contributed by atoms with Gasteiger partial charge in [-0.05, 0) is 6.92 Å². The fraction of sp³-hybridized carbons (Fsp3) is 0.250. The van der Waals surface area contributed by atoms with Crippen LogP contribution in [-0.4, -0.2) is 37.8 Å². The molecule has 0 spiro atoms. The van der Waals surface area contributed by atoms with Crippen molar-refractivity contribution in [3.05, 3.63) is 35.7 Å². The van der Waals surface area contributed by atoms with Crippen molar-refractivity contribution in [3.63, 3.8) is 0 Å². The highest BCUT2D eigenvalue weighted by molar-refractivity contribution is 5.92. The van der Waals surface area contributed by atoms with Gasteiger partial charge in [0.25, 0.3) is 11.8 Å². The minimum Gasteiger partial charge on any atom is -0.478 e. The van der Waals surface area contributed by atoms with Crippen LogP contribution in [0.2, 0.25) is 0 Å². The first kappa shape index (κ1) is 13.0. The second-order valence-corrected chi connectivity index (χ2v) is 4.25. The van der Waals surface area contributed by atoms with Crippen LogP contribution in [0, 0.1) is 6.92 Å². The average Bonchev–Trinajstić information content (AvgIpc) is 3.10. The summed E-state index contributed by atoms with van der Waals surface area (Å²) < 4.78 is 11.6. The van der Waals surface area contributed by atoms with Gasteiger partial charge in [0.2, 0.25) is 5.65 Å². The molecule has 9 nitrogen and oxygen atoms in total. The number of ether oxygens (including phenoxy) is 1. The molecule has 0 fully saturated rings. The predicted octanol–water partition coefficient (Wildman–Crippen LogP) is 0.359. The summed E-state index contributed by atoms with van der Waals surface area (Å²) >= 11 is 0. The number of aryl methyl sites for hydroxylation is 1. The zero-order valence-corrected chi connectivity index (χ0v) is 11.4. The number of hydrogen-bond acceptors (Lipinski definition) is 7. The van der Waals surface area contributed by atoms with Gasteiger partial charge in [-0.1, -0.05) is 5.16 Å². The second-order valence-electron chi connectivity index (χ2n) is 4.25. The normalized spacial score (nSPS) is 10.8. The Balaban J connectivity index is 1.78. The van der Waals surface area contributed by atoms with E-state index in [1.165, 1.54) is 7.11 Å². The number of carbonyl (C=O) groups is 1. The molecule has 0 aliphatic rings. The molecule has 3 heterocycles. The van der Waals surface area contributed by atoms with Crippen LogP contribution in [0.4, 0.5) is 0 Å². The second kappa shape index (κ2) is 5.19. The Labute approximate surface area is 118 Å². The van der Waals surface area contributed by atoms with Crippen molar-refractivity contribution >= 4 is 11.6 Å². The summed E-state index contributed by atoms with van der Waals surface area (Å²) in [6, 6.07) is 1.56. The van der Waals surface area contributed by atoms with Crippen molar-refractivity contribution in [2.24, 2.45) is 0 Å². The van der Waals surface area contributed by atoms with Crippen LogP contribution in [0.15, 0.2) is 23.0 Å². The van der Waals surface area contributed by atoms with Gasteiger partial charge in [-0.15, -0.1) is 10.2 Å². The molecule has 0 aliphatic heterocycles. The highest BCUT2D eigenvalue weighted by Gasteiger charge is 2.14. The van der Waals surface area contributed by atoms with Crippen molar-refractivity contribution in [1.82, 2.24) is 30.1 Å². The number of hydrogen-bond donors (Lipinski definition) is 1. The van der Waals surface area contributed by atoms with Crippen LogP contribution in [0.3, 0.4) is 0 Å². The van der Waals surface area contributed by atoms with Crippen LogP contribution in [0.25, 0.3) is 5.65 Å². The molecule has 0 saturated carbocycles. The van der Waals surface area contributed by atoms with E-state index in [1.807, 2.05) is 0 Å². The standard InChI is InChI=1S/C12H12N6O3/c1-7-5-8(17-21-7)11(19)14-6-9-15-16-10-12(20-2)13-3-4-18(9)10/h3-5H,6H2,1-2H3,(H,14,19). The minimum absolute atomic E-state index is 0.194. The fourth-order valence-corrected chi connectivity index (χ4v) is 1.84. The maximum atomic E-state index is 11.9. The van der Waals surface area contributed by atoms with E-state index in [1.54, 1.807) is 29.8 Å². The number of nitrogens with zero attached hydrogens (tertiary/aromatic N) is 5. The number of carbonyl (C=O) groups excluding carboxylic acids is 1. The monoisotopic (exact) mass is 288 g/mol. The van der Waals surface area contributed by atoms with E-state index in [2.05, 4.69) is 25.7 Å². The molecule has 0 unspecified atom stereocenters. The topological polar surface area (TPSA) is 107 Å². The van der Waals surface area contributed by atoms with Gasteiger partial charge in [0.05, 0.1) is 13.7 Å². The molecule has 1 amide bonds. The van der Waals surface area contributed by atoms with Gasteiger partial charge in [-0.25, -0.2) is 4.98 Å². The molecule has 3 aromatic rings. The van der Waals surface area contributed by atoms with Crippen LogP contribution in [0.1, 0.15) is 22.1 Å². The maximum Gasteiger partial charge on any atom is 0.273 e. The highest BCUT2D eigenvalue weighted by atomic mass is 16.5. The lowest BCUT2D eigenvalue weighted by molar-refractivity contribution is 0.0940. The Morgan fingerprint density at radius 3 is 3.05 bits per heavy atom. The van der Waals surface area contributed by atoms with E-state index < -0.39 is 0 Å². The Kier molecular flexibility index (Phi) is 3.22. The van der Waals surface area contributed by atoms with Gasteiger partial charge in [-0.3, -0.25) is 9.20 Å². The molecule has 0 saturated heterocycles. The first-order valence-corrected chi connectivity index (χ1v) is 6.13. The third-order valence-electron chi connectivity index (χ3n) is 2.83. The molecule has 108 valence electrons. The van der Waals surface area contributed by atoms with E-state index in [0.29, 0.717) is 23.1 Å². The minimum atomic E-state index is -0.343. The van der Waals surface area contributed by atoms with Crippen LogP contribution in [0.5, 0.6) is 5.88 Å². The summed E-state index contributed by atoms with van der Waals surface area (Å²) in [5.41, 5.74) is 0.710. The summed E-state index contributed by atoms with van der Waals surface area (Å²) in [4.78, 5) is 15.9. The first-order chi connectivity index (χ1) is 10.2. The quantitative estimate of drug-likeness (QED) is 0.738. The molecule has 21 heavy (non-hydrogen) atoms. The fourth-order valence-electron chi connectivity index (χ4n) is 1.84. The predicted molar refractivity (Wildman–Crippen MR) is 69.7 cm³/mol. The van der Waals surface area contributed by atoms with E-state index in [-0.39, 0.29) is 18.1 Å². The molecular weight excluding hydrogens is 276 g/mol. The Morgan fingerprint density at radius 1 is 1.48 bits per heavy atom. The number of rotatable bonds is 4. The highest BCUT2D eigenvalue weighted by Crippen LogP contribution is 2.13. The average molecular weight is 288 g/mol. The Hall–Kier alpha value is -2.97. The molecule has 0 radical (unpaired) electrons. The number of aromatic nitrogens is 5. The lowest BCUT2D eigenvalue weighted by Crippen LogP contribution is -2.24. The van der Waals surface area contributed by atoms with Crippen LogP contribution < -0.4 is 10.1 Å². The van der Waals surface area contributed by atoms with Gasteiger partial charge in [0, 0.05) is 18.5 Å². The van der Waals surface area contributed by atoms with Crippen molar-refractivity contribution in [2.45, 2.75) is 13.5 Å². The lowest BCUT2D eigenvalue weighted by Gasteiger charge is -2.03. The summed E-state index contributed by atoms with van der Waals surface area (Å²) in [7, 11) is 1.51. The third-order valence-corrected chi connectivity index (χ3v) is 2.83. The number of amides is 1. The molecule has 0 atom stereocenters. The molecule has 9 heteroatoms. The van der Waals surface area contributed by atoms with Crippen LogP contribution in [-0.2, 0) is 6.54 Å². The molecule has 0 bridgehead atoms. The Bertz CT molecular complexity index is 793. The summed E-state index contributed by atoms with van der Waals surface area (Å²) in [6.07, 6.45) is 3.26. The zero-order chi connectivity index (χ0) is 14.8. The molecule has 1 N–H and O–H groups in total. The van der Waals surface area contributed by atoms with Crippen molar-refractivity contribution in [1.29, 1.82) is 0 Å². The van der Waals surface area contributed by atoms with Crippen molar-refractivity contribution in [3.8, 4) is 5.88 Å². The molecule has 0 aliphatic carbocycles. The summed E-state index contributed by atoms with van der Waals surface area (Å²) in [5, 5.41) is 14.3. The smallest absolute Gasteiger partial charge is 0.273 e. The maximum absolute atomic E-state index is 11.9. The molecule has 3 rings (SSSR count). The Morgan fingerprint density at radius 2 is 2.33 bits per heavy atom. The lowest BCUT2D eigenvalue weighted by atomic mass is 10.3. The van der Waals surface area contributed by atoms with E-state index in [4.69, 9.17) is 9.26 Å². The van der Waals surface area contributed by atoms with Crippen LogP contribution >= 0.6 is 0 Å². The van der Waals surface area contributed by atoms with Gasteiger partial charge >= 0.3 is 0 Å². The summed E-state index contributed by atoms with van der Waals surface area (Å²) in [6.45, 7) is 1.91. The van der Waals surface area contributed by atoms with Gasteiger partial charge in [0.1, 0.15) is 5.76 Å². The number of methoxy groups -OCH3 is 1. The van der Waals surface area contributed by atoms with Crippen molar-refractivity contribution < 1.29 is 14.1 Å². The van der Waals surface area contributed by atoms with E-state index in [0.717, 1.165) is 0 Å². The number of fused-ring (bicyclic) bond motifs is 1. The van der Waals surface area contributed by atoms with Gasteiger partial charge < -0.3 is 14.6 Å². The SMILES string of the molecule is COc1nccn2c(CNC(=O)c3cc(C)on3)nnc12. The van der Waals surface area contributed by atoms with Gasteiger partial charge in [-0.2, -0.15) is 0 Å². The first-order valence-electron chi connectivity index (χ1n) is 6.13. The summed E-state index contributed by atoms with van der Waals surface area (Å²) in [5.74, 6) is 1.16. The molecule has 3 aromatic heterocycles. The van der Waals surface area contributed by atoms with Crippen molar-refractivity contribution in [2.75, 3.05) is 7.11 Å². The third kappa shape index (κ3) is 2.40. The largest absolute Gasteiger partial charge is 0.478 e.